The molecule has 150 valence electrons. The molecule has 0 heterocycles. The predicted octanol–water partition coefficient (Wildman–Crippen LogP) is 3.48. The summed E-state index contributed by atoms with van der Waals surface area (Å²) in [5.74, 6) is 1.61. The highest BCUT2D eigenvalue weighted by Gasteiger charge is 2.25. The first-order chi connectivity index (χ1) is 13.5. The van der Waals surface area contributed by atoms with Crippen LogP contribution in [0.4, 0.5) is 0 Å². The van der Waals surface area contributed by atoms with E-state index in [1.807, 2.05) is 61.5 Å². The highest BCUT2D eigenvalue weighted by molar-refractivity contribution is 7.99. The lowest BCUT2D eigenvalue weighted by atomic mass is 10.1. The van der Waals surface area contributed by atoms with Crippen molar-refractivity contribution in [3.63, 3.8) is 0 Å². The van der Waals surface area contributed by atoms with E-state index in [9.17, 15) is 9.59 Å². The van der Waals surface area contributed by atoms with Crippen LogP contribution in [0.1, 0.15) is 25.0 Å². The number of ether oxygens (including phenoxy) is 1. The Hall–Kier alpha value is -2.47. The molecule has 0 aromatic heterocycles. The Labute approximate surface area is 171 Å². The third-order valence-corrected chi connectivity index (χ3v) is 5.33. The molecule has 1 N–H and O–H groups in total. The van der Waals surface area contributed by atoms with Gasteiger partial charge in [-0.25, -0.2) is 0 Å². The molecule has 0 bridgehead atoms. The maximum absolute atomic E-state index is 12.9. The summed E-state index contributed by atoms with van der Waals surface area (Å²) in [6, 6.07) is 17.1. The molecule has 28 heavy (non-hydrogen) atoms. The van der Waals surface area contributed by atoms with Crippen molar-refractivity contribution < 1.29 is 14.3 Å². The molecule has 6 heteroatoms. The van der Waals surface area contributed by atoms with Crippen LogP contribution in [0.2, 0.25) is 0 Å². The number of thioether (sulfide) groups is 1. The molecule has 0 aliphatic heterocycles. The van der Waals surface area contributed by atoms with E-state index in [0.717, 1.165) is 17.1 Å². The number of carbonyl (C=O) groups excluding carboxylic acids is 2. The van der Waals surface area contributed by atoms with Gasteiger partial charge >= 0.3 is 0 Å². The molecule has 0 aliphatic rings. The zero-order valence-electron chi connectivity index (χ0n) is 16.7. The van der Waals surface area contributed by atoms with Crippen molar-refractivity contribution in [1.29, 1.82) is 0 Å². The van der Waals surface area contributed by atoms with Crippen LogP contribution in [0.25, 0.3) is 0 Å². The fourth-order valence-corrected chi connectivity index (χ4v) is 3.66. The van der Waals surface area contributed by atoms with Gasteiger partial charge in [-0.3, -0.25) is 9.59 Å². The van der Waals surface area contributed by atoms with Crippen molar-refractivity contribution in [1.82, 2.24) is 10.2 Å². The third kappa shape index (κ3) is 6.60. The molecule has 2 aromatic carbocycles. The van der Waals surface area contributed by atoms with Gasteiger partial charge in [-0.2, -0.15) is 0 Å². The zero-order chi connectivity index (χ0) is 20.4. The second-order valence-electron chi connectivity index (χ2n) is 6.42. The summed E-state index contributed by atoms with van der Waals surface area (Å²) in [5.41, 5.74) is 2.10. The van der Waals surface area contributed by atoms with Crippen LogP contribution in [0.5, 0.6) is 5.75 Å². The first kappa shape index (κ1) is 21.8. The predicted molar refractivity (Wildman–Crippen MR) is 114 cm³/mol. The molecule has 0 radical (unpaired) electrons. The SMILES string of the molecule is CCNC(=O)[C@@H](C)N(Cc1cccc(OC)c1)C(=O)CSCc1ccccc1. The molecule has 0 saturated heterocycles. The van der Waals surface area contributed by atoms with E-state index in [0.29, 0.717) is 18.8 Å². The number of hydrogen-bond acceptors (Lipinski definition) is 4. The summed E-state index contributed by atoms with van der Waals surface area (Å²) in [4.78, 5) is 26.9. The number of carbonyl (C=O) groups is 2. The maximum atomic E-state index is 12.9. The highest BCUT2D eigenvalue weighted by Crippen LogP contribution is 2.18. The van der Waals surface area contributed by atoms with Gasteiger partial charge in [0, 0.05) is 18.8 Å². The number of amides is 2. The van der Waals surface area contributed by atoms with E-state index >= 15 is 0 Å². The van der Waals surface area contributed by atoms with Gasteiger partial charge in [0.2, 0.25) is 11.8 Å². The quantitative estimate of drug-likeness (QED) is 0.663. The Morgan fingerprint density at radius 3 is 2.50 bits per heavy atom. The Morgan fingerprint density at radius 1 is 1.11 bits per heavy atom. The summed E-state index contributed by atoms with van der Waals surface area (Å²) in [5, 5.41) is 2.81. The summed E-state index contributed by atoms with van der Waals surface area (Å²) in [6.07, 6.45) is 0. The van der Waals surface area contributed by atoms with Gasteiger partial charge in [-0.15, -0.1) is 11.8 Å². The van der Waals surface area contributed by atoms with Gasteiger partial charge in [0.25, 0.3) is 0 Å². The van der Waals surface area contributed by atoms with E-state index in [2.05, 4.69) is 5.32 Å². The van der Waals surface area contributed by atoms with Gasteiger partial charge in [0.1, 0.15) is 11.8 Å². The number of rotatable bonds is 10. The molecule has 0 saturated carbocycles. The van der Waals surface area contributed by atoms with Gasteiger partial charge in [-0.1, -0.05) is 42.5 Å². The first-order valence-electron chi connectivity index (χ1n) is 9.37. The van der Waals surface area contributed by atoms with Crippen molar-refractivity contribution in [2.45, 2.75) is 32.2 Å². The molecule has 5 nitrogen and oxygen atoms in total. The summed E-state index contributed by atoms with van der Waals surface area (Å²) in [7, 11) is 1.61. The number of nitrogens with one attached hydrogen (secondary N) is 1. The van der Waals surface area contributed by atoms with E-state index in [1.165, 1.54) is 5.56 Å². The lowest BCUT2D eigenvalue weighted by Gasteiger charge is -2.28. The van der Waals surface area contributed by atoms with Crippen LogP contribution < -0.4 is 10.1 Å². The lowest BCUT2D eigenvalue weighted by molar-refractivity contribution is -0.138. The van der Waals surface area contributed by atoms with E-state index in [1.54, 1.807) is 30.7 Å². The average molecular weight is 401 g/mol. The molecule has 2 amide bonds. The molecular formula is C22H28N2O3S. The van der Waals surface area contributed by atoms with Crippen molar-refractivity contribution in [3.05, 3.63) is 65.7 Å². The van der Waals surface area contributed by atoms with Crippen LogP contribution >= 0.6 is 11.8 Å². The van der Waals surface area contributed by atoms with E-state index in [4.69, 9.17) is 4.74 Å². The van der Waals surface area contributed by atoms with Crippen molar-refractivity contribution in [3.8, 4) is 5.75 Å². The fourth-order valence-electron chi connectivity index (χ4n) is 2.79. The normalized spacial score (nSPS) is 11.5. The second-order valence-corrected chi connectivity index (χ2v) is 7.41. The summed E-state index contributed by atoms with van der Waals surface area (Å²) < 4.78 is 5.27. The third-order valence-electron chi connectivity index (χ3n) is 4.34. The van der Waals surface area contributed by atoms with Crippen LogP contribution in [0.15, 0.2) is 54.6 Å². The first-order valence-corrected chi connectivity index (χ1v) is 10.5. The fraction of sp³-hybridized carbons (Fsp3) is 0.364. The molecule has 0 unspecified atom stereocenters. The largest absolute Gasteiger partial charge is 0.497 e. The van der Waals surface area contributed by atoms with Crippen molar-refractivity contribution in [2.24, 2.45) is 0 Å². The van der Waals surface area contributed by atoms with Gasteiger partial charge in [0.05, 0.1) is 12.9 Å². The van der Waals surface area contributed by atoms with Crippen LogP contribution in [0.3, 0.4) is 0 Å². The van der Waals surface area contributed by atoms with Gasteiger partial charge < -0.3 is 15.0 Å². The molecular weight excluding hydrogens is 372 g/mol. The monoisotopic (exact) mass is 400 g/mol. The van der Waals surface area contributed by atoms with Crippen molar-refractivity contribution >= 4 is 23.6 Å². The number of methoxy groups -OCH3 is 1. The van der Waals surface area contributed by atoms with E-state index in [-0.39, 0.29) is 11.8 Å². The molecule has 0 spiro atoms. The highest BCUT2D eigenvalue weighted by atomic mass is 32.2. The summed E-state index contributed by atoms with van der Waals surface area (Å²) >= 11 is 1.56. The minimum atomic E-state index is -0.545. The maximum Gasteiger partial charge on any atom is 0.242 e. The van der Waals surface area contributed by atoms with Crippen LogP contribution in [-0.2, 0) is 21.9 Å². The number of hydrogen-bond donors (Lipinski definition) is 1. The average Bonchev–Trinajstić information content (AvgIpc) is 2.72. The number of nitrogens with zero attached hydrogens (tertiary/aromatic N) is 1. The standard InChI is InChI=1S/C22H28N2O3S/c1-4-23-22(26)17(2)24(14-19-11-8-12-20(13-19)27-3)21(25)16-28-15-18-9-6-5-7-10-18/h5-13,17H,4,14-16H2,1-3H3,(H,23,26)/t17-/m1/s1. The topological polar surface area (TPSA) is 58.6 Å². The number of benzene rings is 2. The lowest BCUT2D eigenvalue weighted by Crippen LogP contribution is -2.48. The molecule has 2 aromatic rings. The summed E-state index contributed by atoms with van der Waals surface area (Å²) in [6.45, 7) is 4.53. The Kier molecular flexibility index (Phi) is 8.88. The Balaban J connectivity index is 2.07. The minimum Gasteiger partial charge on any atom is -0.497 e. The minimum absolute atomic E-state index is 0.0532. The molecule has 0 aliphatic carbocycles. The van der Waals surface area contributed by atoms with Gasteiger partial charge in [-0.05, 0) is 37.1 Å². The van der Waals surface area contributed by atoms with E-state index < -0.39 is 6.04 Å². The van der Waals surface area contributed by atoms with Crippen LogP contribution in [0, 0.1) is 0 Å². The Morgan fingerprint density at radius 2 is 1.82 bits per heavy atom. The molecule has 2 rings (SSSR count). The zero-order valence-corrected chi connectivity index (χ0v) is 17.5. The van der Waals surface area contributed by atoms with Crippen LogP contribution in [-0.4, -0.2) is 42.2 Å². The second kappa shape index (κ2) is 11.4. The Bertz CT molecular complexity index is 767. The number of likely N-dealkylation sites (N-methyl/N-ethyl adjacent to an activating group) is 1. The van der Waals surface area contributed by atoms with Gasteiger partial charge in [0.15, 0.2) is 0 Å². The van der Waals surface area contributed by atoms with Crippen molar-refractivity contribution in [2.75, 3.05) is 19.4 Å². The smallest absolute Gasteiger partial charge is 0.242 e. The molecule has 1 atom stereocenters. The molecule has 0 fully saturated rings.